The lowest BCUT2D eigenvalue weighted by molar-refractivity contribution is 0.443. The van der Waals surface area contributed by atoms with Crippen LogP contribution in [-0.4, -0.2) is 19.5 Å². The molecule has 102 valence electrons. The first-order chi connectivity index (χ1) is 9.81. The highest BCUT2D eigenvalue weighted by molar-refractivity contribution is 5.70. The SMILES string of the molecule is CCc1nc2cnc(Oc3ccccc3)nc2n1CC. The molecule has 0 atom stereocenters. The van der Waals surface area contributed by atoms with Crippen molar-refractivity contribution in [3.05, 3.63) is 42.4 Å². The lowest BCUT2D eigenvalue weighted by atomic mass is 10.3. The average molecular weight is 268 g/mol. The number of aromatic nitrogens is 4. The third-order valence-corrected chi connectivity index (χ3v) is 3.13. The Balaban J connectivity index is 2.01. The first kappa shape index (κ1) is 12.6. The quantitative estimate of drug-likeness (QED) is 0.729. The molecular formula is C15H16N4O. The Labute approximate surface area is 117 Å². The van der Waals surface area contributed by atoms with Crippen molar-refractivity contribution in [3.8, 4) is 11.8 Å². The van der Waals surface area contributed by atoms with E-state index in [0.717, 1.165) is 35.7 Å². The molecule has 0 bridgehead atoms. The normalized spacial score (nSPS) is 10.9. The summed E-state index contributed by atoms with van der Waals surface area (Å²) in [5, 5.41) is 0. The molecule has 2 aromatic heterocycles. The Kier molecular flexibility index (Phi) is 3.33. The Bertz CT molecular complexity index is 721. The number of rotatable bonds is 4. The van der Waals surface area contributed by atoms with Crippen molar-refractivity contribution in [3.63, 3.8) is 0 Å². The van der Waals surface area contributed by atoms with E-state index in [9.17, 15) is 0 Å². The van der Waals surface area contributed by atoms with Crippen molar-refractivity contribution in [2.45, 2.75) is 26.8 Å². The van der Waals surface area contributed by atoms with Gasteiger partial charge in [-0.15, -0.1) is 0 Å². The molecule has 0 aliphatic carbocycles. The van der Waals surface area contributed by atoms with Crippen LogP contribution in [0.4, 0.5) is 0 Å². The summed E-state index contributed by atoms with van der Waals surface area (Å²) in [6.07, 6.45) is 2.59. The zero-order valence-electron chi connectivity index (χ0n) is 11.6. The summed E-state index contributed by atoms with van der Waals surface area (Å²) in [6.45, 7) is 5.00. The topological polar surface area (TPSA) is 52.8 Å². The van der Waals surface area contributed by atoms with Gasteiger partial charge in [0.15, 0.2) is 5.65 Å². The third-order valence-electron chi connectivity index (χ3n) is 3.13. The number of benzene rings is 1. The summed E-state index contributed by atoms with van der Waals surface area (Å²) in [6, 6.07) is 9.88. The van der Waals surface area contributed by atoms with Crippen LogP contribution in [0.1, 0.15) is 19.7 Å². The second kappa shape index (κ2) is 5.28. The van der Waals surface area contributed by atoms with Crippen molar-refractivity contribution in [2.75, 3.05) is 0 Å². The van der Waals surface area contributed by atoms with Crippen molar-refractivity contribution in [1.29, 1.82) is 0 Å². The van der Waals surface area contributed by atoms with Crippen LogP contribution < -0.4 is 4.74 Å². The zero-order chi connectivity index (χ0) is 13.9. The maximum absolute atomic E-state index is 5.67. The van der Waals surface area contributed by atoms with Gasteiger partial charge in [0.05, 0.1) is 6.20 Å². The largest absolute Gasteiger partial charge is 0.424 e. The molecule has 0 spiro atoms. The van der Waals surface area contributed by atoms with Gasteiger partial charge in [-0.1, -0.05) is 25.1 Å². The molecule has 3 aromatic rings. The summed E-state index contributed by atoms with van der Waals surface area (Å²) in [4.78, 5) is 13.2. The van der Waals surface area contributed by atoms with E-state index in [0.29, 0.717) is 6.01 Å². The van der Waals surface area contributed by atoms with Crippen LogP contribution in [0.25, 0.3) is 11.2 Å². The summed E-state index contributed by atoms with van der Waals surface area (Å²) < 4.78 is 7.76. The third kappa shape index (κ3) is 2.22. The highest BCUT2D eigenvalue weighted by atomic mass is 16.5. The Morgan fingerprint density at radius 3 is 2.60 bits per heavy atom. The highest BCUT2D eigenvalue weighted by Gasteiger charge is 2.11. The number of hydrogen-bond acceptors (Lipinski definition) is 4. The molecule has 0 saturated carbocycles. The molecule has 0 fully saturated rings. The van der Waals surface area contributed by atoms with E-state index in [1.165, 1.54) is 0 Å². The fraction of sp³-hybridized carbons (Fsp3) is 0.267. The van der Waals surface area contributed by atoms with Crippen molar-refractivity contribution < 1.29 is 4.74 Å². The molecule has 0 radical (unpaired) electrons. The van der Waals surface area contributed by atoms with Crippen LogP contribution in [0, 0.1) is 0 Å². The van der Waals surface area contributed by atoms with Crippen LogP contribution in [0.15, 0.2) is 36.5 Å². The molecule has 0 aliphatic heterocycles. The molecule has 0 unspecified atom stereocenters. The van der Waals surface area contributed by atoms with Gasteiger partial charge in [-0.2, -0.15) is 4.98 Å². The molecule has 2 heterocycles. The number of nitrogens with zero attached hydrogens (tertiary/aromatic N) is 4. The molecule has 0 aliphatic rings. The smallest absolute Gasteiger partial charge is 0.324 e. The van der Waals surface area contributed by atoms with Crippen molar-refractivity contribution in [1.82, 2.24) is 19.5 Å². The summed E-state index contributed by atoms with van der Waals surface area (Å²) >= 11 is 0. The van der Waals surface area contributed by atoms with Gasteiger partial charge in [0.25, 0.3) is 0 Å². The molecular weight excluding hydrogens is 252 g/mol. The van der Waals surface area contributed by atoms with Gasteiger partial charge < -0.3 is 9.30 Å². The molecule has 5 nitrogen and oxygen atoms in total. The summed E-state index contributed by atoms with van der Waals surface area (Å²) in [5.41, 5.74) is 1.63. The Hall–Kier alpha value is -2.43. The number of hydrogen-bond donors (Lipinski definition) is 0. The van der Waals surface area contributed by atoms with Crippen molar-refractivity contribution in [2.24, 2.45) is 0 Å². The van der Waals surface area contributed by atoms with Crippen LogP contribution in [0.5, 0.6) is 11.8 Å². The molecule has 0 saturated heterocycles. The fourth-order valence-electron chi connectivity index (χ4n) is 2.20. The lowest BCUT2D eigenvalue weighted by Gasteiger charge is -2.05. The monoisotopic (exact) mass is 268 g/mol. The number of aryl methyl sites for hydroxylation is 2. The van der Waals surface area contributed by atoms with Crippen LogP contribution in [0.3, 0.4) is 0 Å². The number of ether oxygens (including phenoxy) is 1. The van der Waals surface area contributed by atoms with Crippen LogP contribution in [0.2, 0.25) is 0 Å². The average Bonchev–Trinajstić information content (AvgIpc) is 2.85. The number of imidazole rings is 1. The van der Waals surface area contributed by atoms with Gasteiger partial charge in [-0.3, -0.25) is 0 Å². The Morgan fingerprint density at radius 1 is 1.10 bits per heavy atom. The number of fused-ring (bicyclic) bond motifs is 1. The molecule has 3 rings (SSSR count). The van der Waals surface area contributed by atoms with Gasteiger partial charge in [-0.05, 0) is 19.1 Å². The van der Waals surface area contributed by atoms with Gasteiger partial charge in [0.1, 0.15) is 17.1 Å². The van der Waals surface area contributed by atoms with E-state index in [1.807, 2.05) is 30.3 Å². The predicted molar refractivity (Wildman–Crippen MR) is 76.9 cm³/mol. The molecule has 5 heteroatoms. The first-order valence-electron chi connectivity index (χ1n) is 6.77. The van der Waals surface area contributed by atoms with Crippen LogP contribution >= 0.6 is 0 Å². The highest BCUT2D eigenvalue weighted by Crippen LogP contribution is 2.20. The van der Waals surface area contributed by atoms with Gasteiger partial charge in [-0.25, -0.2) is 9.97 Å². The Morgan fingerprint density at radius 2 is 1.90 bits per heavy atom. The fourth-order valence-corrected chi connectivity index (χ4v) is 2.20. The lowest BCUT2D eigenvalue weighted by Crippen LogP contribution is -2.01. The van der Waals surface area contributed by atoms with E-state index >= 15 is 0 Å². The van der Waals surface area contributed by atoms with Crippen LogP contribution in [-0.2, 0) is 13.0 Å². The molecule has 1 aromatic carbocycles. The molecule has 20 heavy (non-hydrogen) atoms. The van der Waals surface area contributed by atoms with Gasteiger partial charge in [0, 0.05) is 13.0 Å². The van der Waals surface area contributed by atoms with E-state index < -0.39 is 0 Å². The van der Waals surface area contributed by atoms with Gasteiger partial charge in [0.2, 0.25) is 0 Å². The molecule has 0 N–H and O–H groups in total. The minimum atomic E-state index is 0.348. The van der Waals surface area contributed by atoms with E-state index in [2.05, 4.69) is 33.4 Å². The standard InChI is InChI=1S/C15H16N4O/c1-3-13-17-12-10-16-15(18-14(12)19(13)4-2)20-11-8-6-5-7-9-11/h5-10H,3-4H2,1-2H3. The van der Waals surface area contributed by atoms with Crippen molar-refractivity contribution >= 4 is 11.2 Å². The minimum Gasteiger partial charge on any atom is -0.424 e. The number of para-hydroxylation sites is 1. The maximum Gasteiger partial charge on any atom is 0.324 e. The summed E-state index contributed by atoms with van der Waals surface area (Å²) in [5.74, 6) is 1.75. The van der Waals surface area contributed by atoms with Gasteiger partial charge >= 0.3 is 6.01 Å². The molecule has 0 amide bonds. The predicted octanol–water partition coefficient (Wildman–Crippen LogP) is 3.20. The first-order valence-corrected chi connectivity index (χ1v) is 6.77. The van der Waals surface area contributed by atoms with E-state index in [4.69, 9.17) is 4.74 Å². The second-order valence-electron chi connectivity index (χ2n) is 4.40. The zero-order valence-corrected chi connectivity index (χ0v) is 11.6. The van der Waals surface area contributed by atoms with E-state index in [1.54, 1.807) is 6.20 Å². The van der Waals surface area contributed by atoms with E-state index in [-0.39, 0.29) is 0 Å². The summed E-state index contributed by atoms with van der Waals surface area (Å²) in [7, 11) is 0. The maximum atomic E-state index is 5.67. The minimum absolute atomic E-state index is 0.348. The second-order valence-corrected chi connectivity index (χ2v) is 4.40.